The lowest BCUT2D eigenvalue weighted by Crippen LogP contribution is -2.40. The lowest BCUT2D eigenvalue weighted by Gasteiger charge is -2.18. The first kappa shape index (κ1) is 13.2. The Hall–Kier alpha value is -1.85. The molecule has 1 aliphatic rings. The fraction of sp³-hybridized carbons (Fsp3) is 0.545. The van der Waals surface area contributed by atoms with Crippen LogP contribution >= 0.6 is 0 Å². The van der Waals surface area contributed by atoms with Gasteiger partial charge in [-0.15, -0.1) is 0 Å². The van der Waals surface area contributed by atoms with Gasteiger partial charge in [0.05, 0.1) is 12.6 Å². The molecule has 0 saturated carbocycles. The number of rotatable bonds is 4. The maximum absolute atomic E-state index is 11.7. The number of hydrazone groups is 1. The molecule has 2 amide bonds. The SMILES string of the molecule is C=CC(=O)OCCNC(=O)N1N=C(C)CC1C. The normalized spacial score (nSPS) is 18.6. The number of urea groups is 1. The number of nitrogens with zero attached hydrogens (tertiary/aromatic N) is 2. The van der Waals surface area contributed by atoms with Crippen LogP contribution in [0.15, 0.2) is 17.8 Å². The lowest BCUT2D eigenvalue weighted by molar-refractivity contribution is -0.137. The summed E-state index contributed by atoms with van der Waals surface area (Å²) in [5.41, 5.74) is 0.936. The van der Waals surface area contributed by atoms with Crippen LogP contribution in [-0.2, 0) is 9.53 Å². The topological polar surface area (TPSA) is 71.0 Å². The van der Waals surface area contributed by atoms with E-state index in [4.69, 9.17) is 4.74 Å². The number of amides is 2. The van der Waals surface area contributed by atoms with E-state index in [1.165, 1.54) is 5.01 Å². The van der Waals surface area contributed by atoms with Gasteiger partial charge in [-0.25, -0.2) is 14.6 Å². The standard InChI is InChI=1S/C11H17N3O3/c1-4-10(15)17-6-5-12-11(16)14-9(3)7-8(2)13-14/h4,9H,1,5-7H2,2-3H3,(H,12,16). The van der Waals surface area contributed by atoms with Crippen LogP contribution in [0.3, 0.4) is 0 Å². The van der Waals surface area contributed by atoms with Crippen LogP contribution in [0.1, 0.15) is 20.3 Å². The molecule has 1 rings (SSSR count). The van der Waals surface area contributed by atoms with Gasteiger partial charge in [0, 0.05) is 18.2 Å². The highest BCUT2D eigenvalue weighted by atomic mass is 16.5. The predicted octanol–water partition coefficient (Wildman–Crippen LogP) is 0.895. The smallest absolute Gasteiger partial charge is 0.338 e. The Balaban J connectivity index is 2.26. The molecule has 1 aliphatic heterocycles. The van der Waals surface area contributed by atoms with Gasteiger partial charge in [-0.3, -0.25) is 0 Å². The van der Waals surface area contributed by atoms with E-state index in [1.54, 1.807) is 0 Å². The first-order chi connectivity index (χ1) is 8.04. The zero-order valence-corrected chi connectivity index (χ0v) is 10.1. The molecule has 0 saturated heterocycles. The van der Waals surface area contributed by atoms with Gasteiger partial charge in [0.2, 0.25) is 0 Å². The van der Waals surface area contributed by atoms with Gasteiger partial charge in [0.15, 0.2) is 0 Å². The minimum absolute atomic E-state index is 0.0747. The zero-order valence-electron chi connectivity index (χ0n) is 10.1. The molecule has 1 unspecified atom stereocenters. The molecule has 17 heavy (non-hydrogen) atoms. The molecule has 1 atom stereocenters. The molecule has 0 aliphatic carbocycles. The number of hydrogen-bond donors (Lipinski definition) is 1. The first-order valence-corrected chi connectivity index (χ1v) is 5.45. The third-order valence-electron chi connectivity index (χ3n) is 2.28. The summed E-state index contributed by atoms with van der Waals surface area (Å²) in [5, 5.41) is 8.14. The Kier molecular flexibility index (Phi) is 4.68. The summed E-state index contributed by atoms with van der Waals surface area (Å²) >= 11 is 0. The Morgan fingerprint density at radius 1 is 1.71 bits per heavy atom. The quantitative estimate of drug-likeness (QED) is 0.450. The van der Waals surface area contributed by atoms with E-state index in [0.717, 1.165) is 18.2 Å². The van der Waals surface area contributed by atoms with Gasteiger partial charge in [-0.1, -0.05) is 6.58 Å². The summed E-state index contributed by atoms with van der Waals surface area (Å²) in [7, 11) is 0. The Bertz CT molecular complexity index is 352. The second kappa shape index (κ2) is 6.03. The minimum Gasteiger partial charge on any atom is -0.461 e. The average Bonchev–Trinajstić information content (AvgIpc) is 2.63. The summed E-state index contributed by atoms with van der Waals surface area (Å²) in [6, 6.07) is -0.199. The molecule has 0 bridgehead atoms. The van der Waals surface area contributed by atoms with Crippen LogP contribution in [-0.4, -0.2) is 41.9 Å². The lowest BCUT2D eigenvalue weighted by atomic mass is 10.2. The van der Waals surface area contributed by atoms with E-state index in [0.29, 0.717) is 0 Å². The largest absolute Gasteiger partial charge is 0.461 e. The highest BCUT2D eigenvalue weighted by molar-refractivity contribution is 5.87. The second-order valence-corrected chi connectivity index (χ2v) is 3.84. The molecule has 1 N–H and O–H groups in total. The highest BCUT2D eigenvalue weighted by Crippen LogP contribution is 2.14. The van der Waals surface area contributed by atoms with Crippen LogP contribution in [0.5, 0.6) is 0 Å². The van der Waals surface area contributed by atoms with E-state index in [1.807, 2.05) is 13.8 Å². The van der Waals surface area contributed by atoms with E-state index in [-0.39, 0.29) is 25.2 Å². The third kappa shape index (κ3) is 3.90. The van der Waals surface area contributed by atoms with Gasteiger partial charge >= 0.3 is 12.0 Å². The van der Waals surface area contributed by atoms with Gasteiger partial charge in [0.25, 0.3) is 0 Å². The molecular formula is C11H17N3O3. The van der Waals surface area contributed by atoms with Crippen molar-refractivity contribution >= 4 is 17.7 Å². The van der Waals surface area contributed by atoms with Crippen LogP contribution in [0, 0.1) is 0 Å². The van der Waals surface area contributed by atoms with Crippen molar-refractivity contribution in [3.63, 3.8) is 0 Å². The molecule has 0 aromatic heterocycles. The Morgan fingerprint density at radius 3 is 2.94 bits per heavy atom. The Morgan fingerprint density at radius 2 is 2.41 bits per heavy atom. The van der Waals surface area contributed by atoms with E-state index in [9.17, 15) is 9.59 Å². The van der Waals surface area contributed by atoms with Gasteiger partial charge in [-0.05, 0) is 13.8 Å². The van der Waals surface area contributed by atoms with E-state index < -0.39 is 5.97 Å². The summed E-state index contributed by atoms with van der Waals surface area (Å²) in [5.74, 6) is -0.498. The van der Waals surface area contributed by atoms with Crippen molar-refractivity contribution in [3.05, 3.63) is 12.7 Å². The van der Waals surface area contributed by atoms with Crippen molar-refractivity contribution < 1.29 is 14.3 Å². The molecule has 0 spiro atoms. The third-order valence-corrected chi connectivity index (χ3v) is 2.28. The van der Waals surface area contributed by atoms with Crippen LogP contribution < -0.4 is 5.32 Å². The summed E-state index contributed by atoms with van der Waals surface area (Å²) in [6.45, 7) is 7.47. The Labute approximate surface area is 100 Å². The van der Waals surface area contributed by atoms with Gasteiger partial charge in [0.1, 0.15) is 6.61 Å². The monoisotopic (exact) mass is 239 g/mol. The predicted molar refractivity (Wildman–Crippen MR) is 63.6 cm³/mol. The molecule has 0 aromatic rings. The van der Waals surface area contributed by atoms with Crippen molar-refractivity contribution in [3.8, 4) is 0 Å². The van der Waals surface area contributed by atoms with Gasteiger partial charge < -0.3 is 10.1 Å². The molecule has 0 aromatic carbocycles. The number of esters is 1. The van der Waals surface area contributed by atoms with Crippen molar-refractivity contribution in [2.24, 2.45) is 5.10 Å². The summed E-state index contributed by atoms with van der Waals surface area (Å²) < 4.78 is 4.73. The highest BCUT2D eigenvalue weighted by Gasteiger charge is 2.25. The zero-order chi connectivity index (χ0) is 12.8. The first-order valence-electron chi connectivity index (χ1n) is 5.45. The minimum atomic E-state index is -0.498. The molecule has 6 heteroatoms. The van der Waals surface area contributed by atoms with Crippen LogP contribution in [0.2, 0.25) is 0 Å². The van der Waals surface area contributed by atoms with Crippen LogP contribution in [0.4, 0.5) is 4.79 Å². The number of carbonyl (C=O) groups is 2. The molecular weight excluding hydrogens is 222 g/mol. The number of carbonyl (C=O) groups excluding carboxylic acids is 2. The second-order valence-electron chi connectivity index (χ2n) is 3.84. The van der Waals surface area contributed by atoms with Crippen molar-refractivity contribution in [1.29, 1.82) is 0 Å². The fourth-order valence-corrected chi connectivity index (χ4v) is 1.53. The maximum Gasteiger partial charge on any atom is 0.338 e. The molecule has 94 valence electrons. The summed E-state index contributed by atoms with van der Waals surface area (Å²) in [6.07, 6.45) is 1.87. The van der Waals surface area contributed by atoms with Crippen molar-refractivity contribution in [2.75, 3.05) is 13.2 Å². The summed E-state index contributed by atoms with van der Waals surface area (Å²) in [4.78, 5) is 22.4. The average molecular weight is 239 g/mol. The van der Waals surface area contributed by atoms with Crippen molar-refractivity contribution in [1.82, 2.24) is 10.3 Å². The maximum atomic E-state index is 11.7. The molecule has 1 heterocycles. The van der Waals surface area contributed by atoms with E-state index >= 15 is 0 Å². The molecule has 0 fully saturated rings. The molecule has 0 radical (unpaired) electrons. The fourth-order valence-electron chi connectivity index (χ4n) is 1.53. The van der Waals surface area contributed by atoms with E-state index in [2.05, 4.69) is 17.0 Å². The van der Waals surface area contributed by atoms with Gasteiger partial charge in [-0.2, -0.15) is 5.10 Å². The van der Waals surface area contributed by atoms with Crippen LogP contribution in [0.25, 0.3) is 0 Å². The molecule has 6 nitrogen and oxygen atoms in total. The number of ether oxygens (including phenoxy) is 1. The van der Waals surface area contributed by atoms with Crippen molar-refractivity contribution in [2.45, 2.75) is 26.3 Å². The number of nitrogens with one attached hydrogen (secondary N) is 1. The number of hydrogen-bond acceptors (Lipinski definition) is 4.